The van der Waals surface area contributed by atoms with E-state index in [1.54, 1.807) is 0 Å². The van der Waals surface area contributed by atoms with Gasteiger partial charge in [0.2, 0.25) is 0 Å². The third-order valence-electron chi connectivity index (χ3n) is 6.80. The van der Waals surface area contributed by atoms with E-state index in [2.05, 4.69) is 128 Å². The maximum Gasteiger partial charge on any atom is 0.121 e. The molecule has 0 unspecified atom stereocenters. The topological polar surface area (TPSA) is 27.1 Å². The van der Waals surface area contributed by atoms with E-state index in [9.17, 15) is 0 Å². The molecule has 0 amide bonds. The predicted octanol–water partition coefficient (Wildman–Crippen LogP) is 8.20. The SMILES string of the molecule is CC(C)c1ccc(OCCCCn2c(C(c3ccccc3)c3ccccc3)nc3ccccc32)cc1. The van der Waals surface area contributed by atoms with Crippen molar-refractivity contribution in [1.82, 2.24) is 9.55 Å². The Bertz CT molecular complexity index is 1330. The predicted molar refractivity (Wildman–Crippen MR) is 149 cm³/mol. The Morgan fingerprint density at radius 3 is 1.92 bits per heavy atom. The van der Waals surface area contributed by atoms with Crippen molar-refractivity contribution in [2.45, 2.75) is 45.1 Å². The number of hydrogen-bond donors (Lipinski definition) is 0. The third-order valence-corrected chi connectivity index (χ3v) is 6.80. The molecule has 1 heterocycles. The van der Waals surface area contributed by atoms with Crippen LogP contribution in [0.1, 0.15) is 61.0 Å². The fourth-order valence-electron chi connectivity index (χ4n) is 4.84. The van der Waals surface area contributed by atoms with E-state index in [0.29, 0.717) is 12.5 Å². The number of fused-ring (bicyclic) bond motifs is 1. The molecule has 0 radical (unpaired) electrons. The largest absolute Gasteiger partial charge is 0.494 e. The van der Waals surface area contributed by atoms with E-state index in [4.69, 9.17) is 9.72 Å². The number of ether oxygens (including phenoxy) is 1. The second-order valence-electron chi connectivity index (χ2n) is 9.64. The van der Waals surface area contributed by atoms with Gasteiger partial charge in [0.05, 0.1) is 23.6 Å². The number of para-hydroxylation sites is 2. The first-order valence-electron chi connectivity index (χ1n) is 13.0. The van der Waals surface area contributed by atoms with Crippen molar-refractivity contribution in [2.24, 2.45) is 0 Å². The lowest BCUT2D eigenvalue weighted by Crippen LogP contribution is -2.13. The lowest BCUT2D eigenvalue weighted by molar-refractivity contribution is 0.303. The Kier molecular flexibility index (Phi) is 7.47. The van der Waals surface area contributed by atoms with Crippen LogP contribution in [-0.2, 0) is 6.54 Å². The molecule has 0 saturated carbocycles. The maximum atomic E-state index is 6.04. The van der Waals surface area contributed by atoms with Crippen LogP contribution in [0.3, 0.4) is 0 Å². The second kappa shape index (κ2) is 11.3. The number of unbranched alkanes of at least 4 members (excludes halogenated alkanes) is 1. The highest BCUT2D eigenvalue weighted by Gasteiger charge is 2.23. The van der Waals surface area contributed by atoms with Crippen molar-refractivity contribution in [1.29, 1.82) is 0 Å². The molecule has 1 aromatic heterocycles. The average molecular weight is 475 g/mol. The first kappa shape index (κ1) is 23.9. The van der Waals surface area contributed by atoms with Gasteiger partial charge in [-0.2, -0.15) is 0 Å². The van der Waals surface area contributed by atoms with Crippen LogP contribution in [0, 0.1) is 0 Å². The molecule has 0 N–H and O–H groups in total. The van der Waals surface area contributed by atoms with Crippen LogP contribution in [0.25, 0.3) is 11.0 Å². The van der Waals surface area contributed by atoms with Crippen LogP contribution >= 0.6 is 0 Å². The zero-order valence-electron chi connectivity index (χ0n) is 21.2. The van der Waals surface area contributed by atoms with Crippen LogP contribution in [0.4, 0.5) is 0 Å². The minimum Gasteiger partial charge on any atom is -0.494 e. The summed E-state index contributed by atoms with van der Waals surface area (Å²) in [5.41, 5.74) is 6.09. The van der Waals surface area contributed by atoms with Gasteiger partial charge in [-0.3, -0.25) is 0 Å². The van der Waals surface area contributed by atoms with Crippen molar-refractivity contribution in [3.8, 4) is 5.75 Å². The molecule has 36 heavy (non-hydrogen) atoms. The summed E-state index contributed by atoms with van der Waals surface area (Å²) in [7, 11) is 0. The minimum atomic E-state index is 0.0792. The Labute approximate surface area is 214 Å². The molecule has 0 saturated heterocycles. The summed E-state index contributed by atoms with van der Waals surface area (Å²) in [6.45, 7) is 6.04. The van der Waals surface area contributed by atoms with Crippen molar-refractivity contribution < 1.29 is 4.74 Å². The Balaban J connectivity index is 1.36. The molecule has 0 bridgehead atoms. The first-order chi connectivity index (χ1) is 17.7. The molecule has 0 aliphatic heterocycles. The monoisotopic (exact) mass is 474 g/mol. The number of benzene rings is 4. The molecule has 5 rings (SSSR count). The van der Waals surface area contributed by atoms with Crippen molar-refractivity contribution >= 4 is 11.0 Å². The highest BCUT2D eigenvalue weighted by molar-refractivity contribution is 5.76. The average Bonchev–Trinajstić information content (AvgIpc) is 3.28. The maximum absolute atomic E-state index is 6.04. The molecule has 0 fully saturated rings. The van der Waals surface area contributed by atoms with Crippen molar-refractivity contribution in [3.63, 3.8) is 0 Å². The Morgan fingerprint density at radius 1 is 0.667 bits per heavy atom. The molecule has 5 aromatic rings. The van der Waals surface area contributed by atoms with E-state index in [1.807, 2.05) is 0 Å². The molecule has 4 aromatic carbocycles. The normalized spacial score (nSPS) is 11.4. The summed E-state index contributed by atoms with van der Waals surface area (Å²) in [5, 5.41) is 0. The molecule has 182 valence electrons. The van der Waals surface area contributed by atoms with E-state index < -0.39 is 0 Å². The lowest BCUT2D eigenvalue weighted by atomic mass is 9.90. The van der Waals surface area contributed by atoms with Gasteiger partial charge in [-0.25, -0.2) is 4.98 Å². The third kappa shape index (κ3) is 5.36. The summed E-state index contributed by atoms with van der Waals surface area (Å²) in [6.07, 6.45) is 2.01. The summed E-state index contributed by atoms with van der Waals surface area (Å²) in [6, 6.07) is 38.4. The molecule has 3 nitrogen and oxygen atoms in total. The van der Waals surface area contributed by atoms with Gasteiger partial charge < -0.3 is 9.30 Å². The summed E-state index contributed by atoms with van der Waals surface area (Å²) >= 11 is 0. The first-order valence-corrected chi connectivity index (χ1v) is 13.0. The minimum absolute atomic E-state index is 0.0792. The van der Waals surface area contributed by atoms with Gasteiger partial charge in [-0.1, -0.05) is 98.8 Å². The van der Waals surface area contributed by atoms with Gasteiger partial charge >= 0.3 is 0 Å². The number of nitrogens with zero attached hydrogens (tertiary/aromatic N) is 2. The number of imidazole rings is 1. The number of rotatable bonds is 10. The fourth-order valence-corrected chi connectivity index (χ4v) is 4.84. The van der Waals surface area contributed by atoms with Crippen LogP contribution < -0.4 is 4.74 Å². The molecule has 0 atom stereocenters. The molecule has 0 aliphatic carbocycles. The second-order valence-corrected chi connectivity index (χ2v) is 9.64. The van der Waals surface area contributed by atoms with Gasteiger partial charge in [0.25, 0.3) is 0 Å². The van der Waals surface area contributed by atoms with E-state index in [-0.39, 0.29) is 5.92 Å². The molecular weight excluding hydrogens is 440 g/mol. The van der Waals surface area contributed by atoms with Crippen molar-refractivity contribution in [3.05, 3.63) is 132 Å². The standard InChI is InChI=1S/C33H34N2O/c1-25(2)26-19-21-29(22-20-26)36-24-12-11-23-35-31-18-10-9-17-30(31)34-33(35)32(27-13-5-3-6-14-27)28-15-7-4-8-16-28/h3-10,13-22,25,32H,11-12,23-24H2,1-2H3. The fraction of sp³-hybridized carbons (Fsp3) is 0.242. The summed E-state index contributed by atoms with van der Waals surface area (Å²) in [4.78, 5) is 5.17. The quantitative estimate of drug-likeness (QED) is 0.191. The van der Waals surface area contributed by atoms with Crippen LogP contribution in [0.15, 0.2) is 109 Å². The highest BCUT2D eigenvalue weighted by Crippen LogP contribution is 2.33. The van der Waals surface area contributed by atoms with Crippen LogP contribution in [-0.4, -0.2) is 16.2 Å². The van der Waals surface area contributed by atoms with Gasteiger partial charge in [-0.05, 0) is 59.7 Å². The zero-order chi connectivity index (χ0) is 24.7. The summed E-state index contributed by atoms with van der Waals surface area (Å²) < 4.78 is 8.45. The lowest BCUT2D eigenvalue weighted by Gasteiger charge is -2.20. The molecule has 3 heteroatoms. The molecule has 0 spiro atoms. The molecule has 0 aliphatic rings. The van der Waals surface area contributed by atoms with Crippen LogP contribution in [0.2, 0.25) is 0 Å². The number of aromatic nitrogens is 2. The Morgan fingerprint density at radius 2 is 1.28 bits per heavy atom. The van der Waals surface area contributed by atoms with Gasteiger partial charge in [0.15, 0.2) is 0 Å². The van der Waals surface area contributed by atoms with Gasteiger partial charge in [0.1, 0.15) is 11.6 Å². The smallest absolute Gasteiger partial charge is 0.121 e. The zero-order valence-corrected chi connectivity index (χ0v) is 21.2. The van der Waals surface area contributed by atoms with Gasteiger partial charge in [-0.15, -0.1) is 0 Å². The Hall–Kier alpha value is -3.85. The van der Waals surface area contributed by atoms with E-state index >= 15 is 0 Å². The van der Waals surface area contributed by atoms with Crippen LogP contribution in [0.5, 0.6) is 5.75 Å². The van der Waals surface area contributed by atoms with E-state index in [1.165, 1.54) is 22.2 Å². The van der Waals surface area contributed by atoms with Crippen molar-refractivity contribution in [2.75, 3.05) is 6.61 Å². The van der Waals surface area contributed by atoms with E-state index in [0.717, 1.165) is 36.5 Å². The summed E-state index contributed by atoms with van der Waals surface area (Å²) in [5.74, 6) is 2.66. The molecular formula is C33H34N2O. The number of aryl methyl sites for hydroxylation is 1. The van der Waals surface area contributed by atoms with Gasteiger partial charge in [0, 0.05) is 6.54 Å². The number of hydrogen-bond acceptors (Lipinski definition) is 2. The highest BCUT2D eigenvalue weighted by atomic mass is 16.5.